The Morgan fingerprint density at radius 2 is 1.74 bits per heavy atom. The Bertz CT molecular complexity index is 576. The third-order valence-corrected chi connectivity index (χ3v) is 3.11. The lowest BCUT2D eigenvalue weighted by Gasteiger charge is -2.22. The second-order valence-corrected chi connectivity index (χ2v) is 6.06. The Morgan fingerprint density at radius 3 is 2.35 bits per heavy atom. The molecule has 0 saturated heterocycles. The molecule has 2 amide bonds. The molecule has 0 aromatic heterocycles. The van der Waals surface area contributed by atoms with E-state index in [1.54, 1.807) is 19.1 Å². The van der Waals surface area contributed by atoms with Crippen LogP contribution in [0.3, 0.4) is 0 Å². The predicted octanol–water partition coefficient (Wildman–Crippen LogP) is 1.99. The fourth-order valence-electron chi connectivity index (χ4n) is 2.02. The summed E-state index contributed by atoms with van der Waals surface area (Å²) in [5.74, 6) is -1.95. The van der Waals surface area contributed by atoms with E-state index >= 15 is 0 Å². The van der Waals surface area contributed by atoms with Crippen molar-refractivity contribution in [1.82, 2.24) is 5.32 Å². The highest BCUT2D eigenvalue weighted by Gasteiger charge is 2.20. The molecule has 0 spiro atoms. The smallest absolute Gasteiger partial charge is 0.313 e. The van der Waals surface area contributed by atoms with Crippen LogP contribution in [0.25, 0.3) is 0 Å². The van der Waals surface area contributed by atoms with Gasteiger partial charge in [-0.25, -0.2) is 0 Å². The number of esters is 1. The van der Waals surface area contributed by atoms with Crippen LogP contribution < -0.4 is 10.6 Å². The molecule has 0 aliphatic rings. The third-order valence-electron chi connectivity index (χ3n) is 3.11. The van der Waals surface area contributed by atoms with Crippen molar-refractivity contribution in [1.29, 1.82) is 0 Å². The molecule has 0 saturated carbocycles. The van der Waals surface area contributed by atoms with Crippen molar-refractivity contribution in [2.45, 2.75) is 39.5 Å². The van der Waals surface area contributed by atoms with E-state index in [2.05, 4.69) is 10.6 Å². The number of carbonyl (C=O) groups excluding carboxylic acids is 3. The minimum atomic E-state index is -0.780. The summed E-state index contributed by atoms with van der Waals surface area (Å²) < 4.78 is 4.74. The van der Waals surface area contributed by atoms with Gasteiger partial charge in [0.2, 0.25) is 0 Å². The molecule has 0 aliphatic carbocycles. The van der Waals surface area contributed by atoms with Gasteiger partial charge in [0, 0.05) is 12.2 Å². The van der Waals surface area contributed by atoms with Crippen LogP contribution in [-0.2, 0) is 24.5 Å². The largest absolute Gasteiger partial charge is 0.466 e. The predicted molar refractivity (Wildman–Crippen MR) is 88.0 cm³/mol. The van der Waals surface area contributed by atoms with E-state index < -0.39 is 17.8 Å². The van der Waals surface area contributed by atoms with Crippen molar-refractivity contribution in [2.24, 2.45) is 0 Å². The van der Waals surface area contributed by atoms with E-state index in [-0.39, 0.29) is 25.0 Å². The Labute approximate surface area is 136 Å². The van der Waals surface area contributed by atoms with Gasteiger partial charge in [-0.3, -0.25) is 14.4 Å². The van der Waals surface area contributed by atoms with Gasteiger partial charge in [-0.1, -0.05) is 39.0 Å². The van der Waals surface area contributed by atoms with E-state index in [1.807, 2.05) is 32.9 Å². The number of hydrogen-bond acceptors (Lipinski definition) is 4. The molecule has 0 radical (unpaired) electrons. The van der Waals surface area contributed by atoms with E-state index in [1.165, 1.54) is 0 Å². The minimum Gasteiger partial charge on any atom is -0.466 e. The molecule has 6 heteroatoms. The lowest BCUT2D eigenvalue weighted by Crippen LogP contribution is -2.37. The molecule has 126 valence electrons. The van der Waals surface area contributed by atoms with Crippen LogP contribution in [-0.4, -0.2) is 30.9 Å². The molecule has 1 aromatic rings. The number of rotatable bonds is 5. The van der Waals surface area contributed by atoms with Gasteiger partial charge in [-0.05, 0) is 24.0 Å². The second kappa shape index (κ2) is 8.31. The van der Waals surface area contributed by atoms with Gasteiger partial charge in [0.25, 0.3) is 0 Å². The minimum absolute atomic E-state index is 0.0332. The quantitative estimate of drug-likeness (QED) is 0.642. The maximum atomic E-state index is 12.0. The van der Waals surface area contributed by atoms with Gasteiger partial charge in [0.1, 0.15) is 0 Å². The van der Waals surface area contributed by atoms with Crippen LogP contribution in [0.2, 0.25) is 0 Å². The summed E-state index contributed by atoms with van der Waals surface area (Å²) in [4.78, 5) is 34.9. The molecule has 23 heavy (non-hydrogen) atoms. The fourth-order valence-corrected chi connectivity index (χ4v) is 2.02. The van der Waals surface area contributed by atoms with Crippen molar-refractivity contribution in [3.63, 3.8) is 0 Å². The van der Waals surface area contributed by atoms with E-state index in [9.17, 15) is 14.4 Å². The Hall–Kier alpha value is -2.37. The SMILES string of the molecule is CCOC(=O)CCNC(=O)C(=O)Nc1ccccc1C(C)(C)C. The van der Waals surface area contributed by atoms with Crippen molar-refractivity contribution in [3.8, 4) is 0 Å². The molecule has 6 nitrogen and oxygen atoms in total. The zero-order valence-electron chi connectivity index (χ0n) is 14.1. The molecule has 0 aliphatic heterocycles. The molecule has 2 N–H and O–H groups in total. The first-order chi connectivity index (χ1) is 10.8. The lowest BCUT2D eigenvalue weighted by molar-refractivity contribution is -0.143. The topological polar surface area (TPSA) is 84.5 Å². The summed E-state index contributed by atoms with van der Waals surface area (Å²) in [7, 11) is 0. The molecular weight excluding hydrogens is 296 g/mol. The average Bonchev–Trinajstić information content (AvgIpc) is 2.46. The number of para-hydroxylation sites is 1. The first-order valence-electron chi connectivity index (χ1n) is 7.60. The fraction of sp³-hybridized carbons (Fsp3) is 0.471. The zero-order valence-corrected chi connectivity index (χ0v) is 14.1. The van der Waals surface area contributed by atoms with Crippen molar-refractivity contribution in [2.75, 3.05) is 18.5 Å². The number of benzene rings is 1. The van der Waals surface area contributed by atoms with Gasteiger partial charge in [-0.15, -0.1) is 0 Å². The summed E-state index contributed by atoms with van der Waals surface area (Å²) in [6, 6.07) is 7.35. The van der Waals surface area contributed by atoms with Crippen LogP contribution in [0.15, 0.2) is 24.3 Å². The average molecular weight is 320 g/mol. The second-order valence-electron chi connectivity index (χ2n) is 6.06. The summed E-state index contributed by atoms with van der Waals surface area (Å²) in [5.41, 5.74) is 1.38. The highest BCUT2D eigenvalue weighted by molar-refractivity contribution is 6.39. The van der Waals surface area contributed by atoms with Crippen molar-refractivity contribution >= 4 is 23.5 Å². The van der Waals surface area contributed by atoms with Crippen LogP contribution in [0.4, 0.5) is 5.69 Å². The van der Waals surface area contributed by atoms with Gasteiger partial charge in [0.15, 0.2) is 0 Å². The van der Waals surface area contributed by atoms with Crippen molar-refractivity contribution in [3.05, 3.63) is 29.8 Å². The molecular formula is C17H24N2O4. The summed E-state index contributed by atoms with van der Waals surface area (Å²) in [5, 5.41) is 5.01. The number of hydrogen-bond donors (Lipinski definition) is 2. The summed E-state index contributed by atoms with van der Waals surface area (Å²) >= 11 is 0. The van der Waals surface area contributed by atoms with E-state index in [0.717, 1.165) is 5.56 Å². The van der Waals surface area contributed by atoms with Crippen LogP contribution in [0.5, 0.6) is 0 Å². The maximum Gasteiger partial charge on any atom is 0.313 e. The maximum absolute atomic E-state index is 12.0. The number of amides is 2. The number of nitrogens with one attached hydrogen (secondary N) is 2. The number of ether oxygens (including phenoxy) is 1. The highest BCUT2D eigenvalue weighted by atomic mass is 16.5. The summed E-state index contributed by atoms with van der Waals surface area (Å²) in [6.45, 7) is 8.13. The standard InChI is InChI=1S/C17H24N2O4/c1-5-23-14(20)10-11-18-15(21)16(22)19-13-9-7-6-8-12(13)17(2,3)4/h6-9H,5,10-11H2,1-4H3,(H,18,21)(H,19,22). The number of carbonyl (C=O) groups is 3. The highest BCUT2D eigenvalue weighted by Crippen LogP contribution is 2.29. The molecule has 0 unspecified atom stereocenters. The van der Waals surface area contributed by atoms with Crippen LogP contribution in [0.1, 0.15) is 39.7 Å². The first kappa shape index (κ1) is 18.7. The van der Waals surface area contributed by atoms with Gasteiger partial charge in [0.05, 0.1) is 13.0 Å². The molecule has 0 fully saturated rings. The Morgan fingerprint density at radius 1 is 1.09 bits per heavy atom. The normalized spacial score (nSPS) is 10.8. The van der Waals surface area contributed by atoms with E-state index in [0.29, 0.717) is 5.69 Å². The van der Waals surface area contributed by atoms with Crippen LogP contribution >= 0.6 is 0 Å². The Kier molecular flexibility index (Phi) is 6.75. The van der Waals surface area contributed by atoms with Gasteiger partial charge < -0.3 is 15.4 Å². The molecule has 0 heterocycles. The summed E-state index contributed by atoms with van der Waals surface area (Å²) in [6.07, 6.45) is 0.0332. The van der Waals surface area contributed by atoms with Gasteiger partial charge >= 0.3 is 17.8 Å². The van der Waals surface area contributed by atoms with Crippen LogP contribution in [0, 0.1) is 0 Å². The number of anilines is 1. The molecule has 1 rings (SSSR count). The van der Waals surface area contributed by atoms with Crippen molar-refractivity contribution < 1.29 is 19.1 Å². The molecule has 1 aromatic carbocycles. The van der Waals surface area contributed by atoms with Gasteiger partial charge in [-0.2, -0.15) is 0 Å². The lowest BCUT2D eigenvalue weighted by atomic mass is 9.86. The first-order valence-corrected chi connectivity index (χ1v) is 7.60. The zero-order chi connectivity index (χ0) is 17.5. The Balaban J connectivity index is 2.60. The monoisotopic (exact) mass is 320 g/mol. The van der Waals surface area contributed by atoms with E-state index in [4.69, 9.17) is 4.74 Å². The third kappa shape index (κ3) is 6.10. The molecule has 0 bridgehead atoms. The molecule has 0 atom stereocenters.